The molecule has 0 spiro atoms. The second-order valence-corrected chi connectivity index (χ2v) is 2.91. The first-order valence-corrected chi connectivity index (χ1v) is 4.21. The van der Waals surface area contributed by atoms with Crippen LogP contribution >= 0.6 is 0 Å². The number of anilines is 1. The van der Waals surface area contributed by atoms with Crippen LogP contribution in [0.25, 0.3) is 0 Å². The summed E-state index contributed by atoms with van der Waals surface area (Å²) in [6.45, 7) is 2.25. The highest BCUT2D eigenvalue weighted by Crippen LogP contribution is 2.20. The molecule has 1 aromatic heterocycles. The summed E-state index contributed by atoms with van der Waals surface area (Å²) in [5, 5.41) is 13.5. The van der Waals surface area contributed by atoms with Crippen molar-refractivity contribution in [2.45, 2.75) is 13.0 Å². The van der Waals surface area contributed by atoms with Crippen LogP contribution in [0.4, 0.5) is 11.5 Å². The number of hydrogen-bond acceptors (Lipinski definition) is 5. The largest absolute Gasteiger partial charge is 0.386 e. The molecule has 0 saturated carbocycles. The minimum absolute atomic E-state index is 0.0158. The Balaban J connectivity index is 2.90. The van der Waals surface area contributed by atoms with Gasteiger partial charge < -0.3 is 21.2 Å². The van der Waals surface area contributed by atoms with E-state index in [-0.39, 0.29) is 11.9 Å². The molecule has 1 aromatic rings. The van der Waals surface area contributed by atoms with Crippen molar-refractivity contribution in [1.29, 1.82) is 0 Å². The van der Waals surface area contributed by atoms with Crippen LogP contribution in [0.5, 0.6) is 0 Å². The minimum Gasteiger partial charge on any atom is -0.374 e. The zero-order valence-electron chi connectivity index (χ0n) is 7.80. The number of nitrogens with zero attached hydrogens (tertiary/aromatic N) is 2. The molecule has 1 unspecified atom stereocenters. The molecule has 0 aliphatic rings. The Morgan fingerprint density at radius 1 is 1.79 bits per heavy atom. The smallest absolute Gasteiger partial charge is 0.374 e. The zero-order valence-corrected chi connectivity index (χ0v) is 7.80. The van der Waals surface area contributed by atoms with Crippen LogP contribution in [0.3, 0.4) is 0 Å². The van der Waals surface area contributed by atoms with Crippen LogP contribution in [0.1, 0.15) is 6.92 Å². The molecule has 6 heteroatoms. The molecule has 1 atom stereocenters. The van der Waals surface area contributed by atoms with Gasteiger partial charge in [0, 0.05) is 12.6 Å². The van der Waals surface area contributed by atoms with E-state index in [1.54, 1.807) is 12.1 Å². The molecule has 3 N–H and O–H groups in total. The van der Waals surface area contributed by atoms with Crippen molar-refractivity contribution >= 4 is 11.5 Å². The van der Waals surface area contributed by atoms with E-state index in [2.05, 4.69) is 10.3 Å². The molecule has 0 aliphatic heterocycles. The van der Waals surface area contributed by atoms with Crippen molar-refractivity contribution in [2.24, 2.45) is 5.73 Å². The lowest BCUT2D eigenvalue weighted by Crippen LogP contribution is -2.25. The normalized spacial score (nSPS) is 12.1. The van der Waals surface area contributed by atoms with E-state index in [1.165, 1.54) is 6.20 Å². The van der Waals surface area contributed by atoms with Crippen LogP contribution in [-0.4, -0.2) is 22.5 Å². The van der Waals surface area contributed by atoms with Crippen LogP contribution in [-0.2, 0) is 0 Å². The van der Waals surface area contributed by atoms with Crippen LogP contribution in [0.15, 0.2) is 18.3 Å². The Morgan fingerprint density at radius 3 is 3.07 bits per heavy atom. The molecule has 1 rings (SSSR count). The molecular weight excluding hydrogens is 184 g/mol. The van der Waals surface area contributed by atoms with Gasteiger partial charge in [0.15, 0.2) is 0 Å². The lowest BCUT2D eigenvalue weighted by atomic mass is 10.3. The number of nitrogens with two attached hydrogens (primary N) is 1. The number of pyridine rings is 1. The minimum atomic E-state index is -0.522. The molecule has 0 amide bonds. The Hall–Kier alpha value is -1.69. The third-order valence-electron chi connectivity index (χ3n) is 1.72. The van der Waals surface area contributed by atoms with Gasteiger partial charge in [0.1, 0.15) is 11.9 Å². The van der Waals surface area contributed by atoms with Gasteiger partial charge in [-0.2, -0.15) is 0 Å². The average Bonchev–Trinajstić information content (AvgIpc) is 2.18. The molecule has 6 nitrogen and oxygen atoms in total. The van der Waals surface area contributed by atoms with E-state index < -0.39 is 4.92 Å². The first-order valence-electron chi connectivity index (χ1n) is 4.21. The summed E-state index contributed by atoms with van der Waals surface area (Å²) < 4.78 is 0. The average molecular weight is 196 g/mol. The molecule has 14 heavy (non-hydrogen) atoms. The van der Waals surface area contributed by atoms with Gasteiger partial charge in [-0.3, -0.25) is 0 Å². The van der Waals surface area contributed by atoms with Gasteiger partial charge in [-0.05, 0) is 29.0 Å². The quantitative estimate of drug-likeness (QED) is 0.547. The number of nitrogens with one attached hydrogen (secondary N) is 1. The number of rotatable bonds is 4. The first-order chi connectivity index (χ1) is 6.65. The van der Waals surface area contributed by atoms with Gasteiger partial charge in [-0.15, -0.1) is 0 Å². The van der Waals surface area contributed by atoms with Crippen LogP contribution in [0.2, 0.25) is 0 Å². The maximum Gasteiger partial charge on any atom is 0.386 e. The fourth-order valence-electron chi connectivity index (χ4n) is 0.980. The lowest BCUT2D eigenvalue weighted by Gasteiger charge is -2.11. The Kier molecular flexibility index (Phi) is 3.35. The molecule has 76 valence electrons. The highest BCUT2D eigenvalue weighted by Gasteiger charge is 2.14. The second kappa shape index (κ2) is 4.52. The van der Waals surface area contributed by atoms with E-state index in [9.17, 15) is 10.1 Å². The fraction of sp³-hybridized carbons (Fsp3) is 0.375. The Morgan fingerprint density at radius 2 is 2.50 bits per heavy atom. The third-order valence-corrected chi connectivity index (χ3v) is 1.72. The molecule has 0 aliphatic carbocycles. The summed E-state index contributed by atoms with van der Waals surface area (Å²) in [5.74, 6) is -0.173. The molecule has 0 radical (unpaired) electrons. The highest BCUT2D eigenvalue weighted by atomic mass is 16.6. The molecule has 1 heterocycles. The lowest BCUT2D eigenvalue weighted by molar-refractivity contribution is -0.388. The molecule has 0 fully saturated rings. The second-order valence-electron chi connectivity index (χ2n) is 2.91. The predicted octanol–water partition coefficient (Wildman–Crippen LogP) is 0.749. The maximum atomic E-state index is 10.6. The Bertz CT molecular complexity index is 329. The third kappa shape index (κ3) is 2.40. The molecular formula is C8H12N4O2. The summed E-state index contributed by atoms with van der Waals surface area (Å²) >= 11 is 0. The van der Waals surface area contributed by atoms with Crippen molar-refractivity contribution in [3.05, 3.63) is 28.4 Å². The summed E-state index contributed by atoms with van der Waals surface area (Å²) in [4.78, 5) is 13.7. The SMILES string of the molecule is CC(CN)Nc1cccnc1[N+](=O)[O-]. The summed E-state index contributed by atoms with van der Waals surface area (Å²) in [6, 6.07) is 3.23. The zero-order chi connectivity index (χ0) is 10.6. The highest BCUT2D eigenvalue weighted by molar-refractivity contribution is 5.57. The topological polar surface area (TPSA) is 94.1 Å². The van der Waals surface area contributed by atoms with Gasteiger partial charge in [-0.25, -0.2) is 0 Å². The van der Waals surface area contributed by atoms with Gasteiger partial charge in [0.2, 0.25) is 0 Å². The molecule has 0 bridgehead atoms. The summed E-state index contributed by atoms with van der Waals surface area (Å²) in [5.41, 5.74) is 5.79. The number of nitro groups is 1. The van der Waals surface area contributed by atoms with E-state index in [0.29, 0.717) is 12.2 Å². The van der Waals surface area contributed by atoms with Crippen LogP contribution < -0.4 is 11.1 Å². The fourth-order valence-corrected chi connectivity index (χ4v) is 0.980. The summed E-state index contributed by atoms with van der Waals surface area (Å²) in [6.07, 6.45) is 1.39. The van der Waals surface area contributed by atoms with Gasteiger partial charge >= 0.3 is 5.82 Å². The van der Waals surface area contributed by atoms with E-state index >= 15 is 0 Å². The molecule has 0 saturated heterocycles. The van der Waals surface area contributed by atoms with Gasteiger partial charge in [0.05, 0.1) is 0 Å². The van der Waals surface area contributed by atoms with E-state index in [0.717, 1.165) is 0 Å². The maximum absolute atomic E-state index is 10.6. The predicted molar refractivity (Wildman–Crippen MR) is 53.0 cm³/mol. The van der Waals surface area contributed by atoms with Gasteiger partial charge in [-0.1, -0.05) is 0 Å². The number of hydrogen-bond donors (Lipinski definition) is 2. The van der Waals surface area contributed by atoms with Crippen LogP contribution in [0, 0.1) is 10.1 Å². The standard InChI is InChI=1S/C8H12N4O2/c1-6(5-9)11-7-3-2-4-10-8(7)12(13)14/h2-4,6,11H,5,9H2,1H3. The van der Waals surface area contributed by atoms with Crippen molar-refractivity contribution in [3.63, 3.8) is 0 Å². The van der Waals surface area contributed by atoms with Gasteiger partial charge in [0.25, 0.3) is 0 Å². The number of aromatic nitrogens is 1. The van der Waals surface area contributed by atoms with E-state index in [4.69, 9.17) is 5.73 Å². The summed E-state index contributed by atoms with van der Waals surface area (Å²) in [7, 11) is 0. The van der Waals surface area contributed by atoms with Crippen molar-refractivity contribution in [2.75, 3.05) is 11.9 Å². The van der Waals surface area contributed by atoms with Crippen molar-refractivity contribution in [3.8, 4) is 0 Å². The van der Waals surface area contributed by atoms with Crippen molar-refractivity contribution in [1.82, 2.24) is 4.98 Å². The first kappa shape index (κ1) is 10.4. The Labute approximate surface area is 81.3 Å². The van der Waals surface area contributed by atoms with Crippen molar-refractivity contribution < 1.29 is 4.92 Å². The monoisotopic (exact) mass is 196 g/mol. The van der Waals surface area contributed by atoms with E-state index in [1.807, 2.05) is 6.92 Å². The molecule has 0 aromatic carbocycles.